The minimum absolute atomic E-state index is 0. The zero-order chi connectivity index (χ0) is 22.8. The second kappa shape index (κ2) is 13.8. The van der Waals surface area contributed by atoms with E-state index >= 15 is 0 Å². The summed E-state index contributed by atoms with van der Waals surface area (Å²) in [5.41, 5.74) is 2.00. The lowest BCUT2D eigenvalue weighted by Gasteiger charge is -2.36. The lowest BCUT2D eigenvalue weighted by atomic mass is 10.2. The summed E-state index contributed by atoms with van der Waals surface area (Å²) >= 11 is 0. The summed E-state index contributed by atoms with van der Waals surface area (Å²) < 4.78 is 11.0. The Kier molecular flexibility index (Phi) is 11.1. The number of benzene rings is 2. The number of nitrogens with zero attached hydrogens (tertiary/aromatic N) is 3. The number of piperazine rings is 1. The molecule has 8 nitrogen and oxygen atoms in total. The first-order valence-electron chi connectivity index (χ1n) is 11.1. The van der Waals surface area contributed by atoms with Crippen LogP contribution in [-0.2, 0) is 4.79 Å². The maximum absolute atomic E-state index is 12.7. The molecule has 9 heteroatoms. The van der Waals surface area contributed by atoms with Crippen LogP contribution in [0, 0.1) is 0 Å². The lowest BCUT2D eigenvalue weighted by Crippen LogP contribution is -2.49. The molecule has 0 aliphatic carbocycles. The van der Waals surface area contributed by atoms with Crippen molar-refractivity contribution in [2.75, 3.05) is 63.2 Å². The number of aliphatic imine (C=N–C) groups is 1. The Hall–Kier alpha value is -2.69. The third kappa shape index (κ3) is 7.69. The molecule has 1 saturated heterocycles. The van der Waals surface area contributed by atoms with Gasteiger partial charge in [-0.15, -0.1) is 24.0 Å². The van der Waals surface area contributed by atoms with Gasteiger partial charge in [-0.1, -0.05) is 18.2 Å². The van der Waals surface area contributed by atoms with Gasteiger partial charge in [0.2, 0.25) is 5.91 Å². The van der Waals surface area contributed by atoms with E-state index in [1.807, 2.05) is 55.1 Å². The Labute approximate surface area is 213 Å². The van der Waals surface area contributed by atoms with Crippen molar-refractivity contribution in [3.63, 3.8) is 0 Å². The average Bonchev–Trinajstić information content (AvgIpc) is 2.84. The van der Waals surface area contributed by atoms with Crippen LogP contribution in [0.25, 0.3) is 0 Å². The molecule has 1 aliphatic rings. The smallest absolute Gasteiger partial charge is 0.244 e. The molecule has 0 bridgehead atoms. The highest BCUT2D eigenvalue weighted by molar-refractivity contribution is 14.0. The Bertz CT molecular complexity index is 902. The summed E-state index contributed by atoms with van der Waals surface area (Å²) in [6.45, 7) is 8.30. The van der Waals surface area contributed by atoms with Gasteiger partial charge >= 0.3 is 0 Å². The summed E-state index contributed by atoms with van der Waals surface area (Å²) in [4.78, 5) is 21.4. The predicted octanol–water partition coefficient (Wildman–Crippen LogP) is 3.44. The summed E-state index contributed by atoms with van der Waals surface area (Å²) in [6.07, 6.45) is 0. The molecule has 0 saturated carbocycles. The molecule has 2 aromatic rings. The highest BCUT2D eigenvalue weighted by atomic mass is 127. The number of amides is 1. The Balaban J connectivity index is 0.00000385. The molecule has 1 fully saturated rings. The van der Waals surface area contributed by atoms with E-state index < -0.39 is 0 Å². The molecule has 1 amide bonds. The molecule has 0 radical (unpaired) electrons. The van der Waals surface area contributed by atoms with Crippen LogP contribution in [0.5, 0.6) is 11.5 Å². The molecular weight excluding hydrogens is 533 g/mol. The van der Waals surface area contributed by atoms with Crippen molar-refractivity contribution >= 4 is 47.2 Å². The molecule has 0 unspecified atom stereocenters. The van der Waals surface area contributed by atoms with Gasteiger partial charge in [-0.2, -0.15) is 0 Å². The third-order valence-corrected chi connectivity index (χ3v) is 5.20. The number of guanidine groups is 1. The van der Waals surface area contributed by atoms with Crippen LogP contribution in [0.3, 0.4) is 0 Å². The van der Waals surface area contributed by atoms with Crippen LogP contribution in [0.1, 0.15) is 13.8 Å². The van der Waals surface area contributed by atoms with Crippen molar-refractivity contribution in [1.29, 1.82) is 0 Å². The highest BCUT2D eigenvalue weighted by Crippen LogP contribution is 2.30. The lowest BCUT2D eigenvalue weighted by molar-refractivity contribution is -0.129. The quantitative estimate of drug-likeness (QED) is 0.289. The molecule has 180 valence electrons. The molecule has 0 aromatic heterocycles. The van der Waals surface area contributed by atoms with Crippen molar-refractivity contribution in [2.24, 2.45) is 4.99 Å². The monoisotopic (exact) mass is 567 g/mol. The van der Waals surface area contributed by atoms with E-state index in [9.17, 15) is 4.79 Å². The molecule has 33 heavy (non-hydrogen) atoms. The van der Waals surface area contributed by atoms with E-state index in [4.69, 9.17) is 9.47 Å². The number of para-hydroxylation sites is 1. The molecule has 3 rings (SSSR count). The van der Waals surface area contributed by atoms with Gasteiger partial charge in [0.05, 0.1) is 13.7 Å². The fourth-order valence-electron chi connectivity index (χ4n) is 3.56. The van der Waals surface area contributed by atoms with E-state index in [1.165, 1.54) is 5.69 Å². The van der Waals surface area contributed by atoms with Crippen molar-refractivity contribution in [3.05, 3.63) is 48.5 Å². The van der Waals surface area contributed by atoms with Crippen molar-refractivity contribution in [3.8, 4) is 11.5 Å². The maximum Gasteiger partial charge on any atom is 0.244 e. The van der Waals surface area contributed by atoms with Crippen LogP contribution >= 0.6 is 24.0 Å². The number of carbonyl (C=O) groups is 1. The maximum atomic E-state index is 12.7. The number of carbonyl (C=O) groups excluding carboxylic acids is 1. The van der Waals surface area contributed by atoms with E-state index in [2.05, 4.69) is 32.7 Å². The van der Waals surface area contributed by atoms with Gasteiger partial charge in [0, 0.05) is 50.2 Å². The minimum Gasteiger partial charge on any atom is -0.493 e. The van der Waals surface area contributed by atoms with Gasteiger partial charge in [0.15, 0.2) is 17.5 Å². The first-order valence-corrected chi connectivity index (χ1v) is 11.1. The zero-order valence-electron chi connectivity index (χ0n) is 19.5. The van der Waals surface area contributed by atoms with Crippen LogP contribution in [0.2, 0.25) is 0 Å². The topological polar surface area (TPSA) is 78.4 Å². The molecule has 0 spiro atoms. The number of anilines is 2. The van der Waals surface area contributed by atoms with Crippen LogP contribution in [0.4, 0.5) is 11.4 Å². The van der Waals surface area contributed by atoms with E-state index in [0.717, 1.165) is 18.8 Å². The second-order valence-electron chi connectivity index (χ2n) is 7.32. The van der Waals surface area contributed by atoms with Crippen molar-refractivity contribution in [1.82, 2.24) is 10.2 Å². The number of halogens is 1. The molecular formula is C24H34IN5O3. The van der Waals surface area contributed by atoms with E-state index in [1.54, 1.807) is 7.11 Å². The summed E-state index contributed by atoms with van der Waals surface area (Å²) in [7, 11) is 1.61. The molecule has 0 atom stereocenters. The molecule has 1 aliphatic heterocycles. The number of hydrogen-bond donors (Lipinski definition) is 2. The van der Waals surface area contributed by atoms with Gasteiger partial charge in [-0.05, 0) is 38.1 Å². The van der Waals surface area contributed by atoms with Gasteiger partial charge in [-0.25, -0.2) is 4.99 Å². The van der Waals surface area contributed by atoms with E-state index in [-0.39, 0.29) is 36.4 Å². The number of nitrogens with one attached hydrogen (secondary N) is 2. The number of hydrogen-bond acceptors (Lipinski definition) is 5. The van der Waals surface area contributed by atoms with Crippen LogP contribution < -0.4 is 25.0 Å². The molecule has 2 aromatic carbocycles. The number of rotatable bonds is 8. The molecule has 2 N–H and O–H groups in total. The van der Waals surface area contributed by atoms with Gasteiger partial charge in [0.1, 0.15) is 6.54 Å². The average molecular weight is 567 g/mol. The van der Waals surface area contributed by atoms with Gasteiger partial charge in [0.25, 0.3) is 0 Å². The van der Waals surface area contributed by atoms with Crippen LogP contribution in [0.15, 0.2) is 53.5 Å². The second-order valence-corrected chi connectivity index (χ2v) is 7.32. The fourth-order valence-corrected chi connectivity index (χ4v) is 3.56. The summed E-state index contributed by atoms with van der Waals surface area (Å²) in [6, 6.07) is 15.9. The number of ether oxygens (including phenoxy) is 2. The Morgan fingerprint density at radius 2 is 1.76 bits per heavy atom. The van der Waals surface area contributed by atoms with Crippen molar-refractivity contribution < 1.29 is 14.3 Å². The largest absolute Gasteiger partial charge is 0.493 e. The fraction of sp³-hybridized carbons (Fsp3) is 0.417. The summed E-state index contributed by atoms with van der Waals surface area (Å²) in [5.74, 6) is 1.90. The highest BCUT2D eigenvalue weighted by Gasteiger charge is 2.21. The Morgan fingerprint density at radius 1 is 1.03 bits per heavy atom. The van der Waals surface area contributed by atoms with Gasteiger partial charge < -0.3 is 29.9 Å². The number of methoxy groups -OCH3 is 1. The van der Waals surface area contributed by atoms with Gasteiger partial charge in [-0.3, -0.25) is 4.79 Å². The standard InChI is InChI=1S/C24H33N5O3.HI/c1-4-25-24(27-19-11-12-21(32-5-2)22(17-19)31-3)26-18-23(30)29-15-13-28(14-16-29)20-9-7-6-8-10-20;/h6-12,17H,4-5,13-16,18H2,1-3H3,(H2,25,26,27);1H. The van der Waals surface area contributed by atoms with Crippen LogP contribution in [-0.4, -0.2) is 69.8 Å². The normalized spacial score (nSPS) is 13.7. The SMILES string of the molecule is CCNC(=NCC(=O)N1CCN(c2ccccc2)CC1)Nc1ccc(OCC)c(OC)c1.I. The predicted molar refractivity (Wildman–Crippen MR) is 144 cm³/mol. The first-order chi connectivity index (χ1) is 15.6. The first kappa shape index (κ1) is 26.6. The zero-order valence-corrected chi connectivity index (χ0v) is 21.9. The Morgan fingerprint density at radius 3 is 2.39 bits per heavy atom. The third-order valence-electron chi connectivity index (χ3n) is 5.20. The van der Waals surface area contributed by atoms with E-state index in [0.29, 0.717) is 43.7 Å². The minimum atomic E-state index is 0. The summed E-state index contributed by atoms with van der Waals surface area (Å²) in [5, 5.41) is 6.42. The van der Waals surface area contributed by atoms with Crippen molar-refractivity contribution in [2.45, 2.75) is 13.8 Å². The molecule has 1 heterocycles.